The topological polar surface area (TPSA) is 30.3 Å². The van der Waals surface area contributed by atoms with Crippen LogP contribution in [0.1, 0.15) is 19.4 Å². The highest BCUT2D eigenvalue weighted by molar-refractivity contribution is 14.1. The van der Waals surface area contributed by atoms with Crippen molar-refractivity contribution >= 4 is 22.6 Å². The van der Waals surface area contributed by atoms with E-state index < -0.39 is 0 Å². The fourth-order valence-electron chi connectivity index (χ4n) is 2.27. The molecule has 1 fully saturated rings. The predicted octanol–water partition coefficient (Wildman–Crippen LogP) is 1.63. The zero-order chi connectivity index (χ0) is 11.7. The Morgan fingerprint density at radius 3 is 2.56 bits per heavy atom. The van der Waals surface area contributed by atoms with E-state index in [0.717, 1.165) is 23.3 Å². The summed E-state index contributed by atoms with van der Waals surface area (Å²) in [6.45, 7) is 7.27. The van der Waals surface area contributed by atoms with Crippen molar-refractivity contribution in [1.82, 2.24) is 14.7 Å². The fourth-order valence-corrected chi connectivity index (χ4v) is 2.92. The van der Waals surface area contributed by atoms with Crippen molar-refractivity contribution in [1.29, 1.82) is 0 Å². The summed E-state index contributed by atoms with van der Waals surface area (Å²) in [5, 5.41) is 4.36. The molecule has 1 aromatic rings. The van der Waals surface area contributed by atoms with E-state index in [-0.39, 0.29) is 0 Å². The van der Waals surface area contributed by atoms with Gasteiger partial charge in [-0.3, -0.25) is 9.58 Å². The Morgan fingerprint density at radius 2 is 2.06 bits per heavy atom. The van der Waals surface area contributed by atoms with Crippen LogP contribution in [-0.2, 0) is 18.3 Å². The van der Waals surface area contributed by atoms with Gasteiger partial charge < -0.3 is 4.74 Å². The summed E-state index contributed by atoms with van der Waals surface area (Å²) >= 11 is 2.30. The number of nitrogens with zero attached hydrogens (tertiary/aromatic N) is 3. The molecule has 1 saturated heterocycles. The Labute approximate surface area is 110 Å². The lowest BCUT2D eigenvalue weighted by atomic mass is 10.2. The first-order valence-corrected chi connectivity index (χ1v) is 6.68. The van der Waals surface area contributed by atoms with Gasteiger partial charge in [0.2, 0.25) is 0 Å². The molecule has 2 atom stereocenters. The van der Waals surface area contributed by atoms with Crippen LogP contribution in [0.2, 0.25) is 0 Å². The number of rotatable bonds is 2. The van der Waals surface area contributed by atoms with E-state index in [1.165, 1.54) is 5.56 Å². The summed E-state index contributed by atoms with van der Waals surface area (Å²) in [6, 6.07) is 0. The highest BCUT2D eigenvalue weighted by atomic mass is 127. The molecule has 0 amide bonds. The number of halogens is 1. The van der Waals surface area contributed by atoms with Gasteiger partial charge in [0, 0.05) is 38.4 Å². The summed E-state index contributed by atoms with van der Waals surface area (Å²) in [6.07, 6.45) is 2.77. The van der Waals surface area contributed by atoms with E-state index in [4.69, 9.17) is 4.74 Å². The van der Waals surface area contributed by atoms with Crippen LogP contribution in [-0.4, -0.2) is 40.0 Å². The molecule has 2 heterocycles. The van der Waals surface area contributed by atoms with E-state index in [0.29, 0.717) is 12.2 Å². The molecule has 5 heteroatoms. The van der Waals surface area contributed by atoms with Gasteiger partial charge in [0.1, 0.15) is 3.70 Å². The average Bonchev–Trinajstić information content (AvgIpc) is 2.43. The van der Waals surface area contributed by atoms with Crippen LogP contribution < -0.4 is 0 Å². The van der Waals surface area contributed by atoms with Gasteiger partial charge >= 0.3 is 0 Å². The van der Waals surface area contributed by atoms with Gasteiger partial charge in [-0.2, -0.15) is 5.10 Å². The van der Waals surface area contributed by atoms with Crippen LogP contribution in [0.4, 0.5) is 0 Å². The number of hydrogen-bond acceptors (Lipinski definition) is 3. The maximum Gasteiger partial charge on any atom is 0.127 e. The van der Waals surface area contributed by atoms with Gasteiger partial charge in [-0.1, -0.05) is 0 Å². The molecule has 0 aromatic carbocycles. The summed E-state index contributed by atoms with van der Waals surface area (Å²) in [4.78, 5) is 2.44. The maximum absolute atomic E-state index is 5.73. The van der Waals surface area contributed by atoms with E-state index in [1.807, 2.05) is 11.7 Å². The highest BCUT2D eigenvalue weighted by Gasteiger charge is 2.23. The molecular weight excluding hydrogens is 317 g/mol. The molecule has 16 heavy (non-hydrogen) atoms. The van der Waals surface area contributed by atoms with Gasteiger partial charge in [-0.05, 0) is 36.4 Å². The van der Waals surface area contributed by atoms with E-state index in [2.05, 4.69) is 52.6 Å². The Morgan fingerprint density at radius 1 is 1.44 bits per heavy atom. The Kier molecular flexibility index (Phi) is 3.86. The molecule has 4 nitrogen and oxygen atoms in total. The van der Waals surface area contributed by atoms with Gasteiger partial charge in [-0.25, -0.2) is 0 Å². The van der Waals surface area contributed by atoms with Crippen molar-refractivity contribution in [3.05, 3.63) is 15.5 Å². The monoisotopic (exact) mass is 335 g/mol. The van der Waals surface area contributed by atoms with Gasteiger partial charge in [0.25, 0.3) is 0 Å². The zero-order valence-electron chi connectivity index (χ0n) is 9.98. The molecule has 1 aliphatic rings. The van der Waals surface area contributed by atoms with Gasteiger partial charge in [-0.15, -0.1) is 0 Å². The lowest BCUT2D eigenvalue weighted by Gasteiger charge is -2.35. The predicted molar refractivity (Wildman–Crippen MR) is 71.2 cm³/mol. The van der Waals surface area contributed by atoms with Crippen molar-refractivity contribution in [2.24, 2.45) is 7.05 Å². The number of morpholine rings is 1. The minimum Gasteiger partial charge on any atom is -0.373 e. The molecule has 90 valence electrons. The summed E-state index contributed by atoms with van der Waals surface area (Å²) in [7, 11) is 1.97. The average molecular weight is 335 g/mol. The van der Waals surface area contributed by atoms with Gasteiger partial charge in [0.15, 0.2) is 0 Å². The van der Waals surface area contributed by atoms with E-state index in [9.17, 15) is 0 Å². The van der Waals surface area contributed by atoms with Crippen LogP contribution in [0.3, 0.4) is 0 Å². The van der Waals surface area contributed by atoms with Crippen molar-refractivity contribution in [2.45, 2.75) is 32.6 Å². The number of ether oxygens (including phenoxy) is 1. The lowest BCUT2D eigenvalue weighted by molar-refractivity contribution is -0.0705. The van der Waals surface area contributed by atoms with Crippen molar-refractivity contribution in [3.63, 3.8) is 0 Å². The van der Waals surface area contributed by atoms with Crippen LogP contribution in [0, 0.1) is 3.70 Å². The molecule has 0 bridgehead atoms. The molecular formula is C11H18IN3O. The number of aromatic nitrogens is 2. The quantitative estimate of drug-likeness (QED) is 0.770. The van der Waals surface area contributed by atoms with Gasteiger partial charge in [0.05, 0.1) is 12.2 Å². The largest absolute Gasteiger partial charge is 0.373 e. The molecule has 1 aromatic heterocycles. The standard InChI is InChI=1S/C11H18IN3O/c1-8-4-15(5-9(2)16-8)7-10-6-14(3)13-11(10)12/h6,8-9H,4-5,7H2,1-3H3. The third kappa shape index (κ3) is 2.95. The first kappa shape index (κ1) is 12.3. The maximum atomic E-state index is 5.73. The fraction of sp³-hybridized carbons (Fsp3) is 0.727. The third-order valence-corrected chi connectivity index (χ3v) is 3.65. The Bertz CT molecular complexity index is 356. The highest BCUT2D eigenvalue weighted by Crippen LogP contribution is 2.16. The number of aryl methyl sites for hydroxylation is 1. The Balaban J connectivity index is 2.01. The molecule has 0 saturated carbocycles. The minimum atomic E-state index is 0.332. The second-order valence-corrected chi connectivity index (χ2v) is 5.59. The normalized spacial score (nSPS) is 27.2. The zero-order valence-corrected chi connectivity index (χ0v) is 12.1. The summed E-state index contributed by atoms with van der Waals surface area (Å²) < 4.78 is 8.71. The van der Waals surface area contributed by atoms with E-state index in [1.54, 1.807) is 0 Å². The molecule has 0 aliphatic carbocycles. The van der Waals surface area contributed by atoms with Crippen LogP contribution in [0.5, 0.6) is 0 Å². The molecule has 2 unspecified atom stereocenters. The first-order valence-electron chi connectivity index (χ1n) is 5.60. The van der Waals surface area contributed by atoms with E-state index >= 15 is 0 Å². The van der Waals surface area contributed by atoms with Crippen molar-refractivity contribution in [3.8, 4) is 0 Å². The first-order chi connectivity index (χ1) is 7.54. The second kappa shape index (κ2) is 5.01. The summed E-state index contributed by atoms with van der Waals surface area (Å²) in [5.41, 5.74) is 1.31. The van der Waals surface area contributed by atoms with Crippen molar-refractivity contribution in [2.75, 3.05) is 13.1 Å². The molecule has 0 radical (unpaired) electrons. The van der Waals surface area contributed by atoms with Crippen molar-refractivity contribution < 1.29 is 4.74 Å². The van der Waals surface area contributed by atoms with Crippen LogP contribution in [0.25, 0.3) is 0 Å². The minimum absolute atomic E-state index is 0.332. The lowest BCUT2D eigenvalue weighted by Crippen LogP contribution is -2.44. The SMILES string of the molecule is CC1CN(Cc2cn(C)nc2I)CC(C)O1. The molecule has 0 N–H and O–H groups in total. The molecule has 1 aliphatic heterocycles. The summed E-state index contributed by atoms with van der Waals surface area (Å²) in [5.74, 6) is 0. The smallest absolute Gasteiger partial charge is 0.127 e. The third-order valence-electron chi connectivity index (χ3n) is 2.74. The van der Waals surface area contributed by atoms with Crippen LogP contribution >= 0.6 is 22.6 Å². The molecule has 2 rings (SSSR count). The number of hydrogen-bond donors (Lipinski definition) is 0. The molecule has 0 spiro atoms. The second-order valence-electron chi connectivity index (χ2n) is 4.57. The van der Waals surface area contributed by atoms with Crippen LogP contribution in [0.15, 0.2) is 6.20 Å². The Hall–Kier alpha value is -0.140.